The molecular formula is C16H14ClNO. The number of benzene rings is 2. The molecule has 0 aliphatic carbocycles. The highest BCUT2D eigenvalue weighted by Crippen LogP contribution is 2.25. The Morgan fingerprint density at radius 1 is 1.11 bits per heavy atom. The zero-order valence-electron chi connectivity index (χ0n) is 10.6. The first kappa shape index (κ1) is 12.1. The number of fused-ring (bicyclic) bond motifs is 1. The van der Waals surface area contributed by atoms with Crippen LogP contribution in [0.25, 0.3) is 10.9 Å². The second-order valence-electron chi connectivity index (χ2n) is 4.47. The average molecular weight is 272 g/mol. The molecule has 0 bridgehead atoms. The van der Waals surface area contributed by atoms with Crippen LogP contribution in [0.3, 0.4) is 0 Å². The number of ether oxygens (including phenoxy) is 1. The summed E-state index contributed by atoms with van der Waals surface area (Å²) in [7, 11) is 1.68. The van der Waals surface area contributed by atoms with Gasteiger partial charge in [-0.15, -0.1) is 0 Å². The van der Waals surface area contributed by atoms with Crippen molar-refractivity contribution in [2.75, 3.05) is 7.11 Å². The van der Waals surface area contributed by atoms with Gasteiger partial charge >= 0.3 is 0 Å². The average Bonchev–Trinajstić information content (AvgIpc) is 2.84. The van der Waals surface area contributed by atoms with E-state index >= 15 is 0 Å². The van der Waals surface area contributed by atoms with Gasteiger partial charge in [-0.1, -0.05) is 29.8 Å². The first-order valence-electron chi connectivity index (χ1n) is 6.14. The van der Waals surface area contributed by atoms with Crippen molar-refractivity contribution in [1.82, 2.24) is 4.57 Å². The predicted octanol–water partition coefficient (Wildman–Crippen LogP) is 4.35. The monoisotopic (exact) mass is 271 g/mol. The number of hydrogen-bond acceptors (Lipinski definition) is 1. The lowest BCUT2D eigenvalue weighted by Gasteiger charge is -2.07. The van der Waals surface area contributed by atoms with E-state index < -0.39 is 0 Å². The van der Waals surface area contributed by atoms with Crippen molar-refractivity contribution in [3.8, 4) is 5.75 Å². The number of rotatable bonds is 3. The molecular weight excluding hydrogens is 258 g/mol. The van der Waals surface area contributed by atoms with E-state index in [0.29, 0.717) is 0 Å². The van der Waals surface area contributed by atoms with Gasteiger partial charge in [0.1, 0.15) is 5.75 Å². The molecule has 96 valence electrons. The van der Waals surface area contributed by atoms with Gasteiger partial charge in [0.05, 0.1) is 7.11 Å². The Kier molecular flexibility index (Phi) is 3.18. The summed E-state index contributed by atoms with van der Waals surface area (Å²) in [5.74, 6) is 0.881. The Hall–Kier alpha value is -1.93. The van der Waals surface area contributed by atoms with Gasteiger partial charge in [0, 0.05) is 28.7 Å². The first-order valence-corrected chi connectivity index (χ1v) is 6.52. The number of methoxy groups -OCH3 is 1. The summed E-state index contributed by atoms with van der Waals surface area (Å²) >= 11 is 6.19. The molecule has 3 rings (SSSR count). The lowest BCUT2D eigenvalue weighted by atomic mass is 10.2. The fourth-order valence-electron chi connectivity index (χ4n) is 2.29. The van der Waals surface area contributed by atoms with E-state index in [1.165, 1.54) is 5.56 Å². The van der Waals surface area contributed by atoms with Crippen LogP contribution < -0.4 is 4.74 Å². The smallest absolute Gasteiger partial charge is 0.119 e. The topological polar surface area (TPSA) is 14.2 Å². The summed E-state index contributed by atoms with van der Waals surface area (Å²) in [6.07, 6.45) is 2.07. The van der Waals surface area contributed by atoms with Crippen LogP contribution in [0.15, 0.2) is 54.7 Å². The molecule has 3 aromatic rings. The fourth-order valence-corrected chi connectivity index (χ4v) is 2.52. The quantitative estimate of drug-likeness (QED) is 0.691. The second kappa shape index (κ2) is 4.98. The van der Waals surface area contributed by atoms with Crippen molar-refractivity contribution < 1.29 is 4.74 Å². The van der Waals surface area contributed by atoms with E-state index in [0.717, 1.165) is 28.2 Å². The molecule has 0 N–H and O–H groups in total. The Labute approximate surface area is 117 Å². The standard InChI is InChI=1S/C16H14ClNO/c1-19-13-5-2-4-12(10-13)11-18-9-8-14-15(17)6-3-7-16(14)18/h2-10H,11H2,1H3. The van der Waals surface area contributed by atoms with Crippen LogP contribution >= 0.6 is 11.6 Å². The largest absolute Gasteiger partial charge is 0.497 e. The molecule has 0 fully saturated rings. The van der Waals surface area contributed by atoms with Gasteiger partial charge in [0.2, 0.25) is 0 Å². The number of nitrogens with zero attached hydrogens (tertiary/aromatic N) is 1. The van der Waals surface area contributed by atoms with Crippen LogP contribution in [0.1, 0.15) is 5.56 Å². The third-order valence-corrected chi connectivity index (χ3v) is 3.58. The Balaban J connectivity index is 1.99. The molecule has 2 nitrogen and oxygen atoms in total. The molecule has 0 radical (unpaired) electrons. The second-order valence-corrected chi connectivity index (χ2v) is 4.88. The van der Waals surface area contributed by atoms with Crippen molar-refractivity contribution in [1.29, 1.82) is 0 Å². The highest BCUT2D eigenvalue weighted by atomic mass is 35.5. The van der Waals surface area contributed by atoms with E-state index in [1.807, 2.05) is 24.3 Å². The molecule has 19 heavy (non-hydrogen) atoms. The highest BCUT2D eigenvalue weighted by Gasteiger charge is 2.05. The van der Waals surface area contributed by atoms with Crippen LogP contribution in [-0.2, 0) is 6.54 Å². The van der Waals surface area contributed by atoms with Crippen LogP contribution in [0.4, 0.5) is 0 Å². The summed E-state index contributed by atoms with van der Waals surface area (Å²) in [5.41, 5.74) is 2.35. The molecule has 0 atom stereocenters. The SMILES string of the molecule is COc1cccc(Cn2ccc3c(Cl)cccc32)c1. The van der Waals surface area contributed by atoms with Gasteiger partial charge in [0.15, 0.2) is 0 Å². The molecule has 0 spiro atoms. The van der Waals surface area contributed by atoms with Gasteiger partial charge in [-0.25, -0.2) is 0 Å². The number of aromatic nitrogens is 1. The van der Waals surface area contributed by atoms with Gasteiger partial charge in [-0.05, 0) is 35.9 Å². The lowest BCUT2D eigenvalue weighted by molar-refractivity contribution is 0.414. The minimum Gasteiger partial charge on any atom is -0.497 e. The lowest BCUT2D eigenvalue weighted by Crippen LogP contribution is -1.98. The number of halogens is 1. The molecule has 2 aromatic carbocycles. The van der Waals surface area contributed by atoms with Gasteiger partial charge < -0.3 is 9.30 Å². The molecule has 0 aliphatic heterocycles. The van der Waals surface area contributed by atoms with Crippen molar-refractivity contribution in [3.05, 3.63) is 65.3 Å². The Bertz CT molecular complexity index is 718. The molecule has 0 amide bonds. The fraction of sp³-hybridized carbons (Fsp3) is 0.125. The van der Waals surface area contributed by atoms with Crippen LogP contribution in [-0.4, -0.2) is 11.7 Å². The normalized spacial score (nSPS) is 10.8. The van der Waals surface area contributed by atoms with E-state index in [4.69, 9.17) is 16.3 Å². The van der Waals surface area contributed by atoms with E-state index in [2.05, 4.69) is 35.0 Å². The van der Waals surface area contributed by atoms with Crippen molar-refractivity contribution >= 4 is 22.5 Å². The Morgan fingerprint density at radius 2 is 1.95 bits per heavy atom. The highest BCUT2D eigenvalue weighted by molar-refractivity contribution is 6.35. The van der Waals surface area contributed by atoms with Gasteiger partial charge in [-0.3, -0.25) is 0 Å². The van der Waals surface area contributed by atoms with Crippen LogP contribution in [0.5, 0.6) is 5.75 Å². The zero-order chi connectivity index (χ0) is 13.2. The maximum absolute atomic E-state index is 6.19. The predicted molar refractivity (Wildman–Crippen MR) is 79.0 cm³/mol. The molecule has 0 saturated heterocycles. The van der Waals surface area contributed by atoms with Crippen molar-refractivity contribution in [2.45, 2.75) is 6.54 Å². The summed E-state index contributed by atoms with van der Waals surface area (Å²) in [6.45, 7) is 0.807. The Morgan fingerprint density at radius 3 is 2.79 bits per heavy atom. The van der Waals surface area contributed by atoms with E-state index in [-0.39, 0.29) is 0 Å². The summed E-state index contributed by atoms with van der Waals surface area (Å²) in [4.78, 5) is 0. The van der Waals surface area contributed by atoms with Crippen LogP contribution in [0.2, 0.25) is 5.02 Å². The van der Waals surface area contributed by atoms with Crippen LogP contribution in [0, 0.1) is 0 Å². The molecule has 0 saturated carbocycles. The van der Waals surface area contributed by atoms with Gasteiger partial charge in [-0.2, -0.15) is 0 Å². The first-order chi connectivity index (χ1) is 9.28. The minimum atomic E-state index is 0.793. The molecule has 0 aliphatic rings. The molecule has 1 aromatic heterocycles. The zero-order valence-corrected chi connectivity index (χ0v) is 11.4. The van der Waals surface area contributed by atoms with E-state index in [9.17, 15) is 0 Å². The third-order valence-electron chi connectivity index (χ3n) is 3.25. The maximum atomic E-state index is 6.19. The number of hydrogen-bond donors (Lipinski definition) is 0. The van der Waals surface area contributed by atoms with Crippen molar-refractivity contribution in [3.63, 3.8) is 0 Å². The summed E-state index contributed by atoms with van der Waals surface area (Å²) in [5, 5.41) is 1.88. The summed E-state index contributed by atoms with van der Waals surface area (Å²) in [6, 6.07) is 16.1. The van der Waals surface area contributed by atoms with Gasteiger partial charge in [0.25, 0.3) is 0 Å². The minimum absolute atomic E-state index is 0.793. The third kappa shape index (κ3) is 2.32. The molecule has 1 heterocycles. The summed E-state index contributed by atoms with van der Waals surface area (Å²) < 4.78 is 7.44. The molecule has 0 unspecified atom stereocenters. The van der Waals surface area contributed by atoms with Crippen molar-refractivity contribution in [2.24, 2.45) is 0 Å². The molecule has 3 heteroatoms. The van der Waals surface area contributed by atoms with E-state index in [1.54, 1.807) is 7.11 Å². The maximum Gasteiger partial charge on any atom is 0.119 e.